The van der Waals surface area contributed by atoms with E-state index >= 15 is 0 Å². The summed E-state index contributed by atoms with van der Waals surface area (Å²) in [7, 11) is 0. The number of fused-ring (bicyclic) bond motifs is 2. The average Bonchev–Trinajstić information content (AvgIpc) is 3.08. The lowest BCUT2D eigenvalue weighted by atomic mass is 10.2. The largest absolute Gasteiger partial charge is 0.343 e. The highest BCUT2D eigenvalue weighted by atomic mass is 35.5. The van der Waals surface area contributed by atoms with Crippen molar-refractivity contribution in [2.75, 3.05) is 13.1 Å². The van der Waals surface area contributed by atoms with Crippen molar-refractivity contribution in [1.82, 2.24) is 29.6 Å². The Labute approximate surface area is 147 Å². The van der Waals surface area contributed by atoms with Gasteiger partial charge in [0.1, 0.15) is 11.6 Å². The summed E-state index contributed by atoms with van der Waals surface area (Å²) in [4.78, 5) is 33.6. The smallest absolute Gasteiger partial charge is 0.342 e. The third-order valence-electron chi connectivity index (χ3n) is 4.46. The molecule has 0 saturated heterocycles. The fourth-order valence-electron chi connectivity index (χ4n) is 3.13. The minimum absolute atomic E-state index is 0.0562. The molecule has 2 aromatic heterocycles. The molecule has 0 atom stereocenters. The van der Waals surface area contributed by atoms with Crippen molar-refractivity contribution in [2.24, 2.45) is 0 Å². The van der Waals surface area contributed by atoms with Crippen LogP contribution in [0.2, 0.25) is 5.02 Å². The van der Waals surface area contributed by atoms with Crippen molar-refractivity contribution < 1.29 is 4.79 Å². The number of hydrogen-bond acceptors (Lipinski definition) is 4. The van der Waals surface area contributed by atoms with Crippen LogP contribution in [0.4, 0.5) is 0 Å². The third-order valence-corrected chi connectivity index (χ3v) is 4.69. The number of imidazole rings is 1. The Morgan fingerprint density at radius 1 is 1.28 bits per heavy atom. The van der Waals surface area contributed by atoms with Gasteiger partial charge in [0.05, 0.1) is 11.0 Å². The van der Waals surface area contributed by atoms with E-state index in [0.29, 0.717) is 49.7 Å². The number of nitrogens with one attached hydrogen (secondary N) is 2. The van der Waals surface area contributed by atoms with Crippen LogP contribution in [-0.2, 0) is 24.2 Å². The molecule has 130 valence electrons. The van der Waals surface area contributed by atoms with E-state index in [9.17, 15) is 9.59 Å². The molecule has 1 aliphatic rings. The van der Waals surface area contributed by atoms with Gasteiger partial charge in [-0.2, -0.15) is 5.10 Å². The molecule has 0 aliphatic carbocycles. The number of aromatic amines is 2. The van der Waals surface area contributed by atoms with Crippen LogP contribution in [0.3, 0.4) is 0 Å². The van der Waals surface area contributed by atoms with Crippen molar-refractivity contribution >= 4 is 28.5 Å². The summed E-state index contributed by atoms with van der Waals surface area (Å²) in [6, 6.07) is 5.47. The number of amides is 1. The molecule has 8 nitrogen and oxygen atoms in total. The quantitative estimate of drug-likeness (QED) is 0.731. The van der Waals surface area contributed by atoms with Gasteiger partial charge in [-0.05, 0) is 18.2 Å². The van der Waals surface area contributed by atoms with E-state index in [0.717, 1.165) is 16.9 Å². The molecule has 2 N–H and O–H groups in total. The van der Waals surface area contributed by atoms with E-state index < -0.39 is 0 Å². The minimum Gasteiger partial charge on any atom is -0.342 e. The second-order valence-corrected chi connectivity index (χ2v) is 6.51. The monoisotopic (exact) mass is 360 g/mol. The Morgan fingerprint density at radius 2 is 2.16 bits per heavy atom. The van der Waals surface area contributed by atoms with Gasteiger partial charge in [-0.1, -0.05) is 11.6 Å². The minimum atomic E-state index is -0.217. The normalized spacial score (nSPS) is 14.5. The van der Waals surface area contributed by atoms with E-state index in [1.807, 2.05) is 12.1 Å². The molecule has 1 aromatic carbocycles. The average molecular weight is 361 g/mol. The predicted octanol–water partition coefficient (Wildman–Crippen LogP) is 1.12. The maximum atomic E-state index is 12.5. The standard InChI is InChI=1S/C16H17ClN6O2/c17-10-1-2-11-12(9-10)19-13(18-11)3-4-15(24)22-6-5-14-20-21-16(25)23(14)8-7-22/h1-2,9H,3-8H2,(H,18,19)(H,21,25). The lowest BCUT2D eigenvalue weighted by Crippen LogP contribution is -2.34. The van der Waals surface area contributed by atoms with Gasteiger partial charge in [-0.3, -0.25) is 9.36 Å². The molecule has 3 aromatic rings. The summed E-state index contributed by atoms with van der Waals surface area (Å²) in [6.45, 7) is 1.55. The van der Waals surface area contributed by atoms with Gasteiger partial charge in [-0.15, -0.1) is 0 Å². The lowest BCUT2D eigenvalue weighted by molar-refractivity contribution is -0.131. The van der Waals surface area contributed by atoms with Gasteiger partial charge in [0, 0.05) is 43.9 Å². The van der Waals surface area contributed by atoms with E-state index in [4.69, 9.17) is 11.6 Å². The first-order chi connectivity index (χ1) is 12.1. The van der Waals surface area contributed by atoms with E-state index in [-0.39, 0.29) is 11.6 Å². The maximum Gasteiger partial charge on any atom is 0.343 e. The van der Waals surface area contributed by atoms with Gasteiger partial charge in [0.25, 0.3) is 0 Å². The summed E-state index contributed by atoms with van der Waals surface area (Å²) >= 11 is 5.97. The second-order valence-electron chi connectivity index (χ2n) is 6.07. The number of H-pyrrole nitrogens is 2. The Morgan fingerprint density at radius 3 is 3.04 bits per heavy atom. The Kier molecular flexibility index (Phi) is 4.04. The number of aromatic nitrogens is 5. The highest BCUT2D eigenvalue weighted by molar-refractivity contribution is 6.31. The molecule has 1 aliphatic heterocycles. The number of nitrogens with zero attached hydrogens (tertiary/aromatic N) is 4. The second kappa shape index (κ2) is 6.36. The Bertz CT molecular complexity index is 988. The van der Waals surface area contributed by atoms with Gasteiger partial charge in [-0.25, -0.2) is 14.9 Å². The van der Waals surface area contributed by atoms with Crippen molar-refractivity contribution in [3.05, 3.63) is 45.4 Å². The zero-order valence-electron chi connectivity index (χ0n) is 13.5. The molecular weight excluding hydrogens is 344 g/mol. The molecule has 4 rings (SSSR count). The number of carbonyl (C=O) groups is 1. The van der Waals surface area contributed by atoms with Crippen LogP contribution in [0.15, 0.2) is 23.0 Å². The molecule has 0 fully saturated rings. The maximum absolute atomic E-state index is 12.5. The third kappa shape index (κ3) is 3.17. The van der Waals surface area contributed by atoms with Crippen molar-refractivity contribution in [2.45, 2.75) is 25.8 Å². The van der Waals surface area contributed by atoms with Gasteiger partial charge in [0.2, 0.25) is 5.91 Å². The topological polar surface area (TPSA) is 99.7 Å². The molecule has 3 heterocycles. The van der Waals surface area contributed by atoms with Crippen LogP contribution in [0.1, 0.15) is 18.1 Å². The molecule has 0 unspecified atom stereocenters. The first-order valence-electron chi connectivity index (χ1n) is 8.16. The van der Waals surface area contributed by atoms with E-state index in [2.05, 4.69) is 20.2 Å². The zero-order valence-corrected chi connectivity index (χ0v) is 14.2. The summed E-state index contributed by atoms with van der Waals surface area (Å²) < 4.78 is 1.59. The molecule has 0 saturated carbocycles. The van der Waals surface area contributed by atoms with Crippen LogP contribution in [0.25, 0.3) is 11.0 Å². The number of aryl methyl sites for hydroxylation is 1. The van der Waals surface area contributed by atoms with Gasteiger partial charge < -0.3 is 9.88 Å². The van der Waals surface area contributed by atoms with Gasteiger partial charge >= 0.3 is 5.69 Å². The molecule has 0 bridgehead atoms. The van der Waals surface area contributed by atoms with E-state index in [1.54, 1.807) is 15.5 Å². The van der Waals surface area contributed by atoms with E-state index in [1.165, 1.54) is 0 Å². The van der Waals surface area contributed by atoms with Crippen molar-refractivity contribution in [3.63, 3.8) is 0 Å². The van der Waals surface area contributed by atoms with Crippen LogP contribution in [0.5, 0.6) is 0 Å². The van der Waals surface area contributed by atoms with Crippen molar-refractivity contribution in [3.8, 4) is 0 Å². The van der Waals surface area contributed by atoms with Gasteiger partial charge in [0.15, 0.2) is 0 Å². The number of rotatable bonds is 3. The predicted molar refractivity (Wildman–Crippen MR) is 92.6 cm³/mol. The number of hydrogen-bond donors (Lipinski definition) is 2. The summed E-state index contributed by atoms with van der Waals surface area (Å²) in [6.07, 6.45) is 1.48. The molecule has 1 amide bonds. The van der Waals surface area contributed by atoms with Crippen LogP contribution in [0, 0.1) is 0 Å². The first kappa shape index (κ1) is 15.9. The summed E-state index contributed by atoms with van der Waals surface area (Å²) in [5.74, 6) is 1.53. The molecule has 0 spiro atoms. The number of halogens is 1. The van der Waals surface area contributed by atoms with Crippen LogP contribution in [-0.4, -0.2) is 48.6 Å². The summed E-state index contributed by atoms with van der Waals surface area (Å²) in [5.41, 5.74) is 1.49. The first-order valence-corrected chi connectivity index (χ1v) is 8.54. The Balaban J connectivity index is 1.39. The Hall–Kier alpha value is -2.61. The zero-order chi connectivity index (χ0) is 17.4. The fourth-order valence-corrected chi connectivity index (χ4v) is 3.30. The molecular formula is C16H17ClN6O2. The van der Waals surface area contributed by atoms with Crippen LogP contribution >= 0.6 is 11.6 Å². The molecule has 9 heteroatoms. The van der Waals surface area contributed by atoms with Crippen molar-refractivity contribution in [1.29, 1.82) is 0 Å². The van der Waals surface area contributed by atoms with Crippen LogP contribution < -0.4 is 5.69 Å². The number of carbonyl (C=O) groups excluding carboxylic acids is 1. The fraction of sp³-hybridized carbons (Fsp3) is 0.375. The summed E-state index contributed by atoms with van der Waals surface area (Å²) in [5, 5.41) is 7.09. The highest BCUT2D eigenvalue weighted by Gasteiger charge is 2.20. The molecule has 0 radical (unpaired) electrons. The SMILES string of the molecule is O=C(CCc1nc2ccc(Cl)cc2[nH]1)N1CCc2n[nH]c(=O)n2CC1. The molecule has 25 heavy (non-hydrogen) atoms. The highest BCUT2D eigenvalue weighted by Crippen LogP contribution is 2.18. The number of benzene rings is 1. The lowest BCUT2D eigenvalue weighted by Gasteiger charge is -2.19.